The van der Waals surface area contributed by atoms with Crippen molar-refractivity contribution in [2.45, 2.75) is 32.1 Å². The Labute approximate surface area is 92.1 Å². The van der Waals surface area contributed by atoms with Gasteiger partial charge in [-0.05, 0) is 42.6 Å². The van der Waals surface area contributed by atoms with E-state index >= 15 is 0 Å². The molecule has 1 saturated carbocycles. The molecule has 15 heavy (non-hydrogen) atoms. The molecule has 0 aromatic heterocycles. The summed E-state index contributed by atoms with van der Waals surface area (Å²) in [5, 5.41) is 9.33. The van der Waals surface area contributed by atoms with Crippen LogP contribution in [0.25, 0.3) is 0 Å². The molecule has 0 aliphatic heterocycles. The molecule has 82 valence electrons. The van der Waals surface area contributed by atoms with E-state index in [1.807, 2.05) is 0 Å². The normalized spacial score (nSPS) is 31.5. The molecule has 0 unspecified atom stereocenters. The second-order valence-corrected chi connectivity index (χ2v) is 4.84. The van der Waals surface area contributed by atoms with Gasteiger partial charge in [-0.3, -0.25) is 0 Å². The second-order valence-electron chi connectivity index (χ2n) is 4.84. The first-order valence-corrected chi connectivity index (χ1v) is 5.97. The Morgan fingerprint density at radius 1 is 1.20 bits per heavy atom. The highest BCUT2D eigenvalue weighted by molar-refractivity contribution is 5.20. The van der Waals surface area contributed by atoms with Gasteiger partial charge in [0.25, 0.3) is 0 Å². The predicted octanol–water partition coefficient (Wildman–Crippen LogP) is 3.20. The average molecular weight is 204 g/mol. The highest BCUT2D eigenvalue weighted by Crippen LogP contribution is 2.38. The van der Waals surface area contributed by atoms with Gasteiger partial charge in [-0.15, -0.1) is 0 Å². The van der Waals surface area contributed by atoms with Crippen LogP contribution in [0, 0.1) is 11.8 Å². The molecular formula is C14H20O. The maximum absolute atomic E-state index is 9.33. The first kappa shape index (κ1) is 10.7. The third-order valence-corrected chi connectivity index (χ3v) is 3.87. The number of aliphatic hydroxyl groups excluding tert-OH is 1. The summed E-state index contributed by atoms with van der Waals surface area (Å²) in [5.74, 6) is 1.86. The maximum atomic E-state index is 9.33. The van der Waals surface area contributed by atoms with Gasteiger partial charge in [0.2, 0.25) is 0 Å². The van der Waals surface area contributed by atoms with Crippen molar-refractivity contribution in [1.82, 2.24) is 0 Å². The quantitative estimate of drug-likeness (QED) is 0.784. The Morgan fingerprint density at radius 3 is 2.60 bits per heavy atom. The molecule has 1 aromatic rings. The summed E-state index contributed by atoms with van der Waals surface area (Å²) in [7, 11) is 0. The molecule has 1 aromatic carbocycles. The zero-order valence-electron chi connectivity index (χ0n) is 9.39. The third-order valence-electron chi connectivity index (χ3n) is 3.87. The minimum atomic E-state index is 0.352. The van der Waals surface area contributed by atoms with Gasteiger partial charge in [0.05, 0.1) is 0 Å². The molecular weight excluding hydrogens is 184 g/mol. The van der Waals surface area contributed by atoms with Crippen molar-refractivity contribution in [3.05, 3.63) is 35.9 Å². The first-order chi connectivity index (χ1) is 7.31. The van der Waals surface area contributed by atoms with Crippen LogP contribution in [0.4, 0.5) is 0 Å². The number of benzene rings is 1. The van der Waals surface area contributed by atoms with Crippen LogP contribution in [0.2, 0.25) is 0 Å². The predicted molar refractivity (Wildman–Crippen MR) is 62.8 cm³/mol. The summed E-state index contributed by atoms with van der Waals surface area (Å²) in [6, 6.07) is 10.7. The Hall–Kier alpha value is -0.820. The topological polar surface area (TPSA) is 20.2 Å². The number of hydrogen-bond acceptors (Lipinski definition) is 1. The Bertz CT molecular complexity index is 293. The van der Waals surface area contributed by atoms with Gasteiger partial charge in [-0.25, -0.2) is 0 Å². The molecule has 0 heterocycles. The fraction of sp³-hybridized carbons (Fsp3) is 0.571. The average Bonchev–Trinajstić information content (AvgIpc) is 2.31. The van der Waals surface area contributed by atoms with Gasteiger partial charge in [0, 0.05) is 6.61 Å². The van der Waals surface area contributed by atoms with Crippen molar-refractivity contribution in [3.8, 4) is 0 Å². The van der Waals surface area contributed by atoms with Crippen molar-refractivity contribution in [2.75, 3.05) is 6.61 Å². The van der Waals surface area contributed by atoms with Crippen LogP contribution in [0.15, 0.2) is 30.3 Å². The highest BCUT2D eigenvalue weighted by Gasteiger charge is 2.27. The summed E-state index contributed by atoms with van der Waals surface area (Å²) < 4.78 is 0. The molecule has 1 aliphatic rings. The summed E-state index contributed by atoms with van der Waals surface area (Å²) in [6.07, 6.45) is 3.69. The molecule has 2 rings (SSSR count). The molecule has 3 atom stereocenters. The first-order valence-electron chi connectivity index (χ1n) is 5.97. The summed E-state index contributed by atoms with van der Waals surface area (Å²) in [4.78, 5) is 0. The lowest BCUT2D eigenvalue weighted by atomic mass is 9.73. The Balaban J connectivity index is 2.06. The van der Waals surface area contributed by atoms with Crippen LogP contribution >= 0.6 is 0 Å². The van der Waals surface area contributed by atoms with E-state index in [4.69, 9.17) is 0 Å². The molecule has 0 bridgehead atoms. The van der Waals surface area contributed by atoms with E-state index in [9.17, 15) is 5.11 Å². The van der Waals surface area contributed by atoms with Crippen LogP contribution < -0.4 is 0 Å². The van der Waals surface area contributed by atoms with Crippen LogP contribution in [0.1, 0.15) is 37.7 Å². The second kappa shape index (κ2) is 4.80. The van der Waals surface area contributed by atoms with Gasteiger partial charge in [-0.1, -0.05) is 37.3 Å². The Kier molecular flexibility index (Phi) is 3.42. The van der Waals surface area contributed by atoms with Crippen molar-refractivity contribution in [1.29, 1.82) is 0 Å². The molecule has 1 heteroatoms. The minimum absolute atomic E-state index is 0.352. The minimum Gasteiger partial charge on any atom is -0.396 e. The summed E-state index contributed by atoms with van der Waals surface area (Å²) in [6.45, 7) is 2.62. The van der Waals surface area contributed by atoms with Crippen molar-refractivity contribution >= 4 is 0 Å². The molecule has 1 aliphatic carbocycles. The van der Waals surface area contributed by atoms with Crippen molar-refractivity contribution < 1.29 is 5.11 Å². The van der Waals surface area contributed by atoms with Gasteiger partial charge in [-0.2, -0.15) is 0 Å². The number of rotatable bonds is 2. The van der Waals surface area contributed by atoms with Gasteiger partial charge >= 0.3 is 0 Å². The molecule has 0 spiro atoms. The summed E-state index contributed by atoms with van der Waals surface area (Å²) in [5.41, 5.74) is 1.45. The van der Waals surface area contributed by atoms with Gasteiger partial charge < -0.3 is 5.11 Å². The van der Waals surface area contributed by atoms with Crippen molar-refractivity contribution in [3.63, 3.8) is 0 Å². The summed E-state index contributed by atoms with van der Waals surface area (Å²) >= 11 is 0. The Morgan fingerprint density at radius 2 is 1.93 bits per heavy atom. The molecule has 1 nitrogen and oxygen atoms in total. The van der Waals surface area contributed by atoms with Crippen molar-refractivity contribution in [2.24, 2.45) is 11.8 Å². The standard InChI is InChI=1S/C14H20O/c1-11-7-8-13(9-14(11)10-15)12-5-3-2-4-6-12/h2-6,11,13-15H,7-10H2,1H3/t11-,13-,14-/m1/s1. The monoisotopic (exact) mass is 204 g/mol. The van der Waals surface area contributed by atoms with E-state index in [0.717, 1.165) is 6.42 Å². The maximum Gasteiger partial charge on any atom is 0.0462 e. The molecule has 1 fully saturated rings. The van der Waals surface area contributed by atoms with Gasteiger partial charge in [0.1, 0.15) is 0 Å². The van der Waals surface area contributed by atoms with Gasteiger partial charge in [0.15, 0.2) is 0 Å². The fourth-order valence-corrected chi connectivity index (χ4v) is 2.70. The lowest BCUT2D eigenvalue weighted by molar-refractivity contribution is 0.133. The lowest BCUT2D eigenvalue weighted by Gasteiger charge is -2.33. The highest BCUT2D eigenvalue weighted by atomic mass is 16.3. The van der Waals surface area contributed by atoms with E-state index in [2.05, 4.69) is 37.3 Å². The third kappa shape index (κ3) is 2.40. The van der Waals surface area contributed by atoms with E-state index in [1.54, 1.807) is 0 Å². The van der Waals surface area contributed by atoms with E-state index in [-0.39, 0.29) is 0 Å². The van der Waals surface area contributed by atoms with Crippen LogP contribution in [-0.2, 0) is 0 Å². The smallest absolute Gasteiger partial charge is 0.0462 e. The SMILES string of the molecule is C[C@@H]1CC[C@@H](c2ccccc2)C[C@@H]1CO. The fourth-order valence-electron chi connectivity index (χ4n) is 2.70. The molecule has 0 amide bonds. The molecule has 1 N–H and O–H groups in total. The zero-order chi connectivity index (χ0) is 10.7. The van der Waals surface area contributed by atoms with E-state index < -0.39 is 0 Å². The van der Waals surface area contributed by atoms with Crippen LogP contribution in [0.3, 0.4) is 0 Å². The number of hydrogen-bond donors (Lipinski definition) is 1. The van der Waals surface area contributed by atoms with Crippen LogP contribution in [-0.4, -0.2) is 11.7 Å². The molecule has 0 radical (unpaired) electrons. The largest absolute Gasteiger partial charge is 0.396 e. The zero-order valence-corrected chi connectivity index (χ0v) is 9.39. The number of aliphatic hydroxyl groups is 1. The molecule has 0 saturated heterocycles. The van der Waals surface area contributed by atoms with E-state index in [0.29, 0.717) is 24.4 Å². The lowest BCUT2D eigenvalue weighted by Crippen LogP contribution is -2.24. The van der Waals surface area contributed by atoms with E-state index in [1.165, 1.54) is 18.4 Å². The van der Waals surface area contributed by atoms with Crippen LogP contribution in [0.5, 0.6) is 0 Å².